The van der Waals surface area contributed by atoms with Crippen molar-refractivity contribution in [1.82, 2.24) is 8.87 Å². The molecule has 4 rings (SSSR count). The van der Waals surface area contributed by atoms with Crippen LogP contribution in [0.15, 0.2) is 41.2 Å². The predicted molar refractivity (Wildman–Crippen MR) is 104 cm³/mol. The number of ether oxygens (including phenoxy) is 1. The summed E-state index contributed by atoms with van der Waals surface area (Å²) in [5.74, 6) is 0.419. The molecule has 2 aromatic rings. The van der Waals surface area contributed by atoms with Crippen molar-refractivity contribution < 1.29 is 13.2 Å². The Balaban J connectivity index is 1.37. The van der Waals surface area contributed by atoms with Gasteiger partial charge in [0, 0.05) is 22.8 Å². The average Bonchev–Trinajstić information content (AvgIpc) is 3.34. The molecule has 0 bridgehead atoms. The van der Waals surface area contributed by atoms with Crippen molar-refractivity contribution in [2.45, 2.75) is 37.7 Å². The van der Waals surface area contributed by atoms with E-state index in [1.54, 1.807) is 28.8 Å². The third-order valence-electron chi connectivity index (χ3n) is 4.90. The summed E-state index contributed by atoms with van der Waals surface area (Å²) < 4.78 is 34.0. The van der Waals surface area contributed by atoms with Crippen LogP contribution in [0.1, 0.15) is 30.1 Å². The van der Waals surface area contributed by atoms with E-state index in [1.165, 1.54) is 10.4 Å². The minimum atomic E-state index is -3.42. The molecule has 8 heteroatoms. The van der Waals surface area contributed by atoms with Crippen LogP contribution >= 0.6 is 11.6 Å². The number of pyridine rings is 1. The largest absolute Gasteiger partial charge is 0.487 e. The summed E-state index contributed by atoms with van der Waals surface area (Å²) >= 11 is 5.92. The summed E-state index contributed by atoms with van der Waals surface area (Å²) in [6.07, 6.45) is 1.85. The zero-order chi connectivity index (χ0) is 19.2. The summed E-state index contributed by atoms with van der Waals surface area (Å²) in [6.45, 7) is 2.47. The first kappa shape index (κ1) is 18.5. The van der Waals surface area contributed by atoms with Crippen LogP contribution in [0.2, 0.25) is 5.02 Å². The Morgan fingerprint density at radius 1 is 1.19 bits per heavy atom. The highest BCUT2D eigenvalue weighted by atomic mass is 35.5. The van der Waals surface area contributed by atoms with Gasteiger partial charge in [0.1, 0.15) is 11.9 Å². The van der Waals surface area contributed by atoms with Gasteiger partial charge in [-0.2, -0.15) is 4.31 Å². The number of hydrogen-bond acceptors (Lipinski definition) is 4. The van der Waals surface area contributed by atoms with E-state index in [2.05, 4.69) is 0 Å². The lowest BCUT2D eigenvalue weighted by atomic mass is 10.2. The van der Waals surface area contributed by atoms with Crippen molar-refractivity contribution in [2.75, 3.05) is 13.1 Å². The van der Waals surface area contributed by atoms with Crippen LogP contribution in [-0.2, 0) is 15.8 Å². The second kappa shape index (κ2) is 6.96. The first-order chi connectivity index (χ1) is 12.8. The molecule has 1 aliphatic carbocycles. The van der Waals surface area contributed by atoms with Gasteiger partial charge < -0.3 is 9.30 Å². The van der Waals surface area contributed by atoms with E-state index in [9.17, 15) is 13.2 Å². The molecule has 0 radical (unpaired) electrons. The minimum Gasteiger partial charge on any atom is -0.487 e. The average molecular weight is 409 g/mol. The van der Waals surface area contributed by atoms with Gasteiger partial charge in [0.25, 0.3) is 5.56 Å². The molecule has 1 aliphatic heterocycles. The zero-order valence-electron chi connectivity index (χ0n) is 15.0. The molecule has 1 aromatic heterocycles. The Morgan fingerprint density at radius 3 is 2.56 bits per heavy atom. The predicted octanol–water partition coefficient (Wildman–Crippen LogP) is 2.74. The summed E-state index contributed by atoms with van der Waals surface area (Å²) in [5.41, 5.74) is 1.48. The highest BCUT2D eigenvalue weighted by Crippen LogP contribution is 2.35. The first-order valence-electron chi connectivity index (χ1n) is 8.94. The van der Waals surface area contributed by atoms with Crippen molar-refractivity contribution >= 4 is 21.6 Å². The van der Waals surface area contributed by atoms with Gasteiger partial charge in [0.2, 0.25) is 10.0 Å². The van der Waals surface area contributed by atoms with Crippen LogP contribution in [-0.4, -0.2) is 36.5 Å². The fourth-order valence-corrected chi connectivity index (χ4v) is 5.16. The molecule has 2 heterocycles. The zero-order valence-corrected chi connectivity index (χ0v) is 16.5. The van der Waals surface area contributed by atoms with E-state index in [1.807, 2.05) is 13.0 Å². The van der Waals surface area contributed by atoms with Gasteiger partial charge in [-0.15, -0.1) is 0 Å². The Morgan fingerprint density at radius 2 is 1.93 bits per heavy atom. The molecule has 0 atom stereocenters. The maximum Gasteiger partial charge on any atom is 0.254 e. The molecule has 2 fully saturated rings. The Kier molecular flexibility index (Phi) is 4.78. The molecule has 6 nitrogen and oxygen atoms in total. The lowest BCUT2D eigenvalue weighted by Crippen LogP contribution is -2.56. The monoisotopic (exact) mass is 408 g/mol. The Labute approximate surface area is 163 Å². The summed E-state index contributed by atoms with van der Waals surface area (Å²) in [5, 5.41) is 0.517. The van der Waals surface area contributed by atoms with E-state index in [0.29, 0.717) is 22.4 Å². The lowest BCUT2D eigenvalue weighted by molar-refractivity contribution is 0.0757. The van der Waals surface area contributed by atoms with Gasteiger partial charge in [-0.05, 0) is 43.5 Å². The second-order valence-electron chi connectivity index (χ2n) is 7.21. The van der Waals surface area contributed by atoms with Crippen LogP contribution in [0.3, 0.4) is 0 Å². The number of aromatic nitrogens is 1. The summed E-state index contributed by atoms with van der Waals surface area (Å²) in [4.78, 5) is 12.3. The molecule has 1 saturated carbocycles. The van der Waals surface area contributed by atoms with E-state index in [-0.39, 0.29) is 30.5 Å². The van der Waals surface area contributed by atoms with Gasteiger partial charge in [-0.1, -0.05) is 23.7 Å². The number of nitrogens with zero attached hydrogens (tertiary/aromatic N) is 2. The summed E-state index contributed by atoms with van der Waals surface area (Å²) in [6, 6.07) is 10.5. The number of hydrogen-bond donors (Lipinski definition) is 0. The van der Waals surface area contributed by atoms with Crippen molar-refractivity contribution in [1.29, 1.82) is 0 Å². The van der Waals surface area contributed by atoms with Crippen LogP contribution in [0.4, 0.5) is 0 Å². The van der Waals surface area contributed by atoms with E-state index < -0.39 is 10.0 Å². The topological polar surface area (TPSA) is 68.6 Å². The SMILES string of the molecule is Cc1cc(OC2CN(S(=O)(=O)Cc3cccc(Cl)c3)C2)cc(=O)n1C1CC1. The Bertz CT molecular complexity index is 1020. The molecule has 2 aliphatic rings. The van der Waals surface area contributed by atoms with Crippen molar-refractivity contribution in [3.8, 4) is 5.75 Å². The number of benzene rings is 1. The Hall–Kier alpha value is -1.83. The normalized spacial score (nSPS) is 18.3. The van der Waals surface area contributed by atoms with Gasteiger partial charge >= 0.3 is 0 Å². The third kappa shape index (κ3) is 4.05. The molecular weight excluding hydrogens is 388 g/mol. The third-order valence-corrected chi connectivity index (χ3v) is 6.91. The lowest BCUT2D eigenvalue weighted by Gasteiger charge is -2.37. The van der Waals surface area contributed by atoms with E-state index in [4.69, 9.17) is 16.3 Å². The molecular formula is C19H21ClN2O4S. The van der Waals surface area contributed by atoms with Crippen LogP contribution in [0, 0.1) is 6.92 Å². The first-order valence-corrected chi connectivity index (χ1v) is 10.9. The number of halogens is 1. The number of rotatable bonds is 6. The molecule has 0 spiro atoms. The molecule has 144 valence electrons. The molecule has 1 saturated heterocycles. The summed E-state index contributed by atoms with van der Waals surface area (Å²) in [7, 11) is -3.42. The molecule has 0 N–H and O–H groups in total. The van der Waals surface area contributed by atoms with E-state index >= 15 is 0 Å². The highest BCUT2D eigenvalue weighted by molar-refractivity contribution is 7.88. The van der Waals surface area contributed by atoms with Crippen molar-refractivity contribution in [3.63, 3.8) is 0 Å². The van der Waals surface area contributed by atoms with Crippen molar-refractivity contribution in [3.05, 3.63) is 63.0 Å². The van der Waals surface area contributed by atoms with Gasteiger partial charge in [-0.3, -0.25) is 4.79 Å². The molecule has 1 aromatic carbocycles. The van der Waals surface area contributed by atoms with Gasteiger partial charge in [0.15, 0.2) is 0 Å². The minimum absolute atomic E-state index is 0.0581. The number of aryl methyl sites for hydroxylation is 1. The van der Waals surface area contributed by atoms with Crippen LogP contribution < -0.4 is 10.3 Å². The van der Waals surface area contributed by atoms with Crippen LogP contribution in [0.5, 0.6) is 5.75 Å². The maximum atomic E-state index is 12.5. The maximum absolute atomic E-state index is 12.5. The fourth-order valence-electron chi connectivity index (χ4n) is 3.37. The van der Waals surface area contributed by atoms with Gasteiger partial charge in [-0.25, -0.2) is 8.42 Å². The second-order valence-corrected chi connectivity index (χ2v) is 9.62. The smallest absolute Gasteiger partial charge is 0.254 e. The number of sulfonamides is 1. The van der Waals surface area contributed by atoms with Gasteiger partial charge in [0.05, 0.1) is 18.8 Å². The molecule has 27 heavy (non-hydrogen) atoms. The van der Waals surface area contributed by atoms with Crippen molar-refractivity contribution in [2.24, 2.45) is 0 Å². The highest BCUT2D eigenvalue weighted by Gasteiger charge is 2.37. The fraction of sp³-hybridized carbons (Fsp3) is 0.421. The standard InChI is InChI=1S/C19H21ClN2O4S/c1-13-7-17(9-19(23)22(13)16-5-6-16)26-18-10-21(11-18)27(24,25)12-14-3-2-4-15(20)8-14/h2-4,7-9,16,18H,5-6,10-12H2,1H3. The molecule has 0 amide bonds. The quantitative estimate of drug-likeness (QED) is 0.737. The van der Waals surface area contributed by atoms with E-state index in [0.717, 1.165) is 18.5 Å². The van der Waals surface area contributed by atoms with Crippen LogP contribution in [0.25, 0.3) is 0 Å². The molecule has 0 unspecified atom stereocenters.